The molecule has 3 rings (SSSR count). The number of rotatable bonds is 2. The summed E-state index contributed by atoms with van der Waals surface area (Å²) in [6.45, 7) is 7.01. The van der Waals surface area contributed by atoms with Crippen LogP contribution in [0.15, 0.2) is 11.6 Å². The van der Waals surface area contributed by atoms with Crippen LogP contribution in [0.5, 0.6) is 0 Å². The number of fused-ring (bicyclic) bond motifs is 2. The van der Waals surface area contributed by atoms with Gasteiger partial charge in [0.2, 0.25) is 5.78 Å². The van der Waals surface area contributed by atoms with Gasteiger partial charge >= 0.3 is 6.09 Å². The molecule has 0 aromatic heterocycles. The molecule has 1 saturated heterocycles. The molecule has 0 spiro atoms. The van der Waals surface area contributed by atoms with Gasteiger partial charge in [0, 0.05) is 14.2 Å². The van der Waals surface area contributed by atoms with Gasteiger partial charge in [0.05, 0.1) is 0 Å². The molecule has 1 fully saturated rings. The van der Waals surface area contributed by atoms with E-state index in [4.69, 9.17) is 19.0 Å². The Labute approximate surface area is 123 Å². The minimum Gasteiger partial charge on any atom is -0.442 e. The zero-order valence-corrected chi connectivity index (χ0v) is 13.1. The number of nitrogens with zero attached hydrogens (tertiary/aromatic N) is 1. The first-order chi connectivity index (χ1) is 9.66. The van der Waals surface area contributed by atoms with Crippen molar-refractivity contribution in [3.05, 3.63) is 11.6 Å². The summed E-state index contributed by atoms with van der Waals surface area (Å²) in [5, 5.41) is 1.01. The molecule has 0 radical (unpaired) electrons. The van der Waals surface area contributed by atoms with Crippen molar-refractivity contribution in [3.63, 3.8) is 0 Å². The standard InChI is InChI=1S/C14H21NO6/c1-8-7-9-14(18-5,19-6)11(16)10(8)21-15(9)12(17)20-13(2,3)4/h7,9-10H,1-6H3/t9-,10+/m1/s1. The minimum atomic E-state index is -1.57. The molecule has 118 valence electrons. The summed E-state index contributed by atoms with van der Waals surface area (Å²) < 4.78 is 15.9. The van der Waals surface area contributed by atoms with Crippen molar-refractivity contribution in [2.24, 2.45) is 0 Å². The van der Waals surface area contributed by atoms with Crippen LogP contribution in [0.3, 0.4) is 0 Å². The summed E-state index contributed by atoms with van der Waals surface area (Å²) in [7, 11) is 2.72. The number of hydroxylamine groups is 2. The second-order valence-electron chi connectivity index (χ2n) is 6.09. The monoisotopic (exact) mass is 299 g/mol. The highest BCUT2D eigenvalue weighted by Gasteiger charge is 2.62. The lowest BCUT2D eigenvalue weighted by molar-refractivity contribution is -0.309. The molecule has 2 bridgehead atoms. The molecular formula is C14H21NO6. The molecule has 3 aliphatic rings. The zero-order chi connectivity index (χ0) is 16.0. The van der Waals surface area contributed by atoms with E-state index in [-0.39, 0.29) is 5.78 Å². The minimum absolute atomic E-state index is 0.364. The third-order valence-electron chi connectivity index (χ3n) is 3.46. The molecule has 1 amide bonds. The lowest BCUT2D eigenvalue weighted by Crippen LogP contribution is -2.71. The van der Waals surface area contributed by atoms with Gasteiger partial charge < -0.3 is 14.2 Å². The van der Waals surface area contributed by atoms with Gasteiger partial charge in [0.25, 0.3) is 5.79 Å². The van der Waals surface area contributed by atoms with E-state index in [1.807, 2.05) is 0 Å². The van der Waals surface area contributed by atoms with Crippen molar-refractivity contribution >= 4 is 11.9 Å². The molecule has 7 heteroatoms. The van der Waals surface area contributed by atoms with Gasteiger partial charge in [0.15, 0.2) is 6.10 Å². The van der Waals surface area contributed by atoms with E-state index in [0.717, 1.165) is 10.6 Å². The van der Waals surface area contributed by atoms with Crippen LogP contribution >= 0.6 is 0 Å². The quantitative estimate of drug-likeness (QED) is 0.567. The summed E-state index contributed by atoms with van der Waals surface area (Å²) in [4.78, 5) is 30.2. The fourth-order valence-corrected chi connectivity index (χ4v) is 2.50. The number of carbonyl (C=O) groups excluding carboxylic acids is 2. The van der Waals surface area contributed by atoms with Crippen molar-refractivity contribution < 1.29 is 28.6 Å². The van der Waals surface area contributed by atoms with Gasteiger partial charge in [-0.3, -0.25) is 9.63 Å². The van der Waals surface area contributed by atoms with Gasteiger partial charge in [0.1, 0.15) is 11.6 Å². The molecule has 2 aliphatic heterocycles. The number of amides is 1. The van der Waals surface area contributed by atoms with Gasteiger partial charge in [-0.05, 0) is 33.3 Å². The van der Waals surface area contributed by atoms with E-state index < -0.39 is 29.6 Å². The molecule has 1 aliphatic carbocycles. The van der Waals surface area contributed by atoms with Crippen molar-refractivity contribution in [2.45, 2.75) is 51.2 Å². The van der Waals surface area contributed by atoms with Gasteiger partial charge in [-0.25, -0.2) is 4.79 Å². The number of ether oxygens (including phenoxy) is 3. The van der Waals surface area contributed by atoms with Gasteiger partial charge in [-0.15, -0.1) is 0 Å². The van der Waals surface area contributed by atoms with Crippen LogP contribution in [-0.4, -0.2) is 54.7 Å². The predicted molar refractivity (Wildman–Crippen MR) is 72.2 cm³/mol. The maximum atomic E-state index is 12.4. The Kier molecular flexibility index (Phi) is 3.86. The normalized spacial score (nSPS) is 27.6. The Hall–Kier alpha value is -1.44. The van der Waals surface area contributed by atoms with Crippen molar-refractivity contribution in [2.75, 3.05) is 14.2 Å². The predicted octanol–water partition coefficient (Wildman–Crippen LogP) is 1.42. The first-order valence-electron chi connectivity index (χ1n) is 6.68. The summed E-state index contributed by atoms with van der Waals surface area (Å²) in [6.07, 6.45) is 0.126. The molecule has 21 heavy (non-hydrogen) atoms. The fourth-order valence-electron chi connectivity index (χ4n) is 2.50. The second-order valence-corrected chi connectivity index (χ2v) is 6.09. The summed E-state index contributed by atoms with van der Waals surface area (Å²) in [5.74, 6) is -1.93. The highest BCUT2D eigenvalue weighted by atomic mass is 16.8. The lowest BCUT2D eigenvalue weighted by Gasteiger charge is -2.50. The summed E-state index contributed by atoms with van der Waals surface area (Å²) >= 11 is 0. The van der Waals surface area contributed by atoms with E-state index in [0.29, 0.717) is 0 Å². The van der Waals surface area contributed by atoms with Crippen LogP contribution in [0.1, 0.15) is 27.7 Å². The number of methoxy groups -OCH3 is 2. The van der Waals surface area contributed by atoms with Gasteiger partial charge in [-0.1, -0.05) is 6.08 Å². The Morgan fingerprint density at radius 3 is 2.38 bits per heavy atom. The first-order valence-corrected chi connectivity index (χ1v) is 6.68. The maximum absolute atomic E-state index is 12.4. The fraction of sp³-hybridized carbons (Fsp3) is 0.714. The average molecular weight is 299 g/mol. The topological polar surface area (TPSA) is 74.3 Å². The highest BCUT2D eigenvalue weighted by Crippen LogP contribution is 2.39. The van der Waals surface area contributed by atoms with Gasteiger partial charge in [-0.2, -0.15) is 5.06 Å². The number of hydrogen-bond acceptors (Lipinski definition) is 6. The Balaban J connectivity index is 2.36. The van der Waals surface area contributed by atoms with E-state index in [1.165, 1.54) is 14.2 Å². The molecule has 2 heterocycles. The smallest absolute Gasteiger partial charge is 0.435 e. The highest BCUT2D eigenvalue weighted by molar-refractivity contribution is 5.96. The number of Topliss-reactive ketones (excluding diaryl/α,β-unsaturated/α-hetero) is 1. The van der Waals surface area contributed by atoms with Crippen LogP contribution in [0, 0.1) is 0 Å². The van der Waals surface area contributed by atoms with Crippen LogP contribution in [0.2, 0.25) is 0 Å². The van der Waals surface area contributed by atoms with Crippen molar-refractivity contribution in [3.8, 4) is 0 Å². The summed E-state index contributed by atoms with van der Waals surface area (Å²) in [6, 6.07) is -0.833. The van der Waals surface area contributed by atoms with E-state index >= 15 is 0 Å². The molecule has 0 aromatic carbocycles. The Morgan fingerprint density at radius 1 is 1.33 bits per heavy atom. The van der Waals surface area contributed by atoms with E-state index in [9.17, 15) is 9.59 Å². The number of carbonyl (C=O) groups is 2. The molecule has 0 saturated carbocycles. The molecular weight excluding hydrogens is 278 g/mol. The lowest BCUT2D eigenvalue weighted by atomic mass is 9.85. The van der Waals surface area contributed by atoms with Crippen LogP contribution in [0.4, 0.5) is 4.79 Å². The van der Waals surface area contributed by atoms with E-state index in [2.05, 4.69) is 0 Å². The molecule has 7 nitrogen and oxygen atoms in total. The molecule has 0 N–H and O–H groups in total. The number of hydrogen-bond donors (Lipinski definition) is 0. The average Bonchev–Trinajstić information content (AvgIpc) is 2.38. The zero-order valence-electron chi connectivity index (χ0n) is 13.1. The van der Waals surface area contributed by atoms with E-state index in [1.54, 1.807) is 33.8 Å². The maximum Gasteiger partial charge on any atom is 0.435 e. The van der Waals surface area contributed by atoms with Crippen LogP contribution < -0.4 is 0 Å². The largest absolute Gasteiger partial charge is 0.442 e. The third-order valence-corrected chi connectivity index (χ3v) is 3.46. The molecule has 2 atom stereocenters. The SMILES string of the molecule is COC1(OC)C(=O)[C@H]2ON(C(=O)OC(C)(C)C)[C@@H]1C=C2C. The first kappa shape index (κ1) is 15.9. The number of ketones is 1. The molecule has 0 aromatic rings. The Bertz CT molecular complexity index is 488. The van der Waals surface area contributed by atoms with Crippen molar-refractivity contribution in [1.82, 2.24) is 5.06 Å². The van der Waals surface area contributed by atoms with Crippen molar-refractivity contribution in [1.29, 1.82) is 0 Å². The molecule has 0 unspecified atom stereocenters. The van der Waals surface area contributed by atoms with Crippen LogP contribution in [0.25, 0.3) is 0 Å². The summed E-state index contributed by atoms with van der Waals surface area (Å²) in [5.41, 5.74) is 0.0393. The third kappa shape index (κ3) is 2.45. The Morgan fingerprint density at radius 2 is 1.90 bits per heavy atom. The second kappa shape index (κ2) is 5.08. The van der Waals surface area contributed by atoms with Crippen LogP contribution in [-0.2, 0) is 23.8 Å².